The van der Waals surface area contributed by atoms with E-state index in [2.05, 4.69) is 0 Å². The summed E-state index contributed by atoms with van der Waals surface area (Å²) in [5, 5.41) is 8.95. The maximum atomic E-state index is 12.0. The lowest BCUT2D eigenvalue weighted by molar-refractivity contribution is -0.129. The van der Waals surface area contributed by atoms with Gasteiger partial charge in [-0.2, -0.15) is 0 Å². The van der Waals surface area contributed by atoms with Crippen molar-refractivity contribution >= 4 is 17.7 Å². The number of carbonyl (C=O) groups excluding carboxylic acids is 1. The molecule has 1 amide bonds. The van der Waals surface area contributed by atoms with E-state index in [1.54, 1.807) is 23.8 Å². The van der Waals surface area contributed by atoms with Crippen LogP contribution in [0.1, 0.15) is 5.56 Å². The Balaban J connectivity index is 2.31. The number of amides is 1. The number of rotatable bonds is 9. The van der Waals surface area contributed by atoms with Crippen molar-refractivity contribution in [1.82, 2.24) is 4.90 Å². The van der Waals surface area contributed by atoms with Gasteiger partial charge < -0.3 is 14.7 Å². The van der Waals surface area contributed by atoms with Gasteiger partial charge in [0.05, 0.1) is 19.0 Å². The predicted octanol–water partition coefficient (Wildman–Crippen LogP) is 1.39. The van der Waals surface area contributed by atoms with Gasteiger partial charge in [-0.25, -0.2) is 0 Å². The largest absolute Gasteiger partial charge is 0.395 e. The molecule has 0 aliphatic heterocycles. The zero-order valence-corrected chi connectivity index (χ0v) is 12.1. The van der Waals surface area contributed by atoms with Gasteiger partial charge in [0.15, 0.2) is 0 Å². The number of carbonyl (C=O) groups is 1. The Morgan fingerprint density at radius 2 is 2.05 bits per heavy atom. The number of nitrogens with zero attached hydrogens (tertiary/aromatic N) is 1. The number of hydrogen-bond donors (Lipinski definition) is 1. The van der Waals surface area contributed by atoms with Crippen LogP contribution in [0.25, 0.3) is 0 Å². The van der Waals surface area contributed by atoms with Crippen LogP contribution in [0.5, 0.6) is 0 Å². The first-order valence-electron chi connectivity index (χ1n) is 6.27. The number of ether oxygens (including phenoxy) is 1. The minimum atomic E-state index is -0.0151. The fraction of sp³-hybridized carbons (Fsp3) is 0.500. The summed E-state index contributed by atoms with van der Waals surface area (Å²) in [4.78, 5) is 13.6. The third-order valence-electron chi connectivity index (χ3n) is 2.63. The molecule has 0 spiro atoms. The zero-order valence-electron chi connectivity index (χ0n) is 11.2. The minimum absolute atomic E-state index is 0.0151. The highest BCUT2D eigenvalue weighted by molar-refractivity contribution is 7.99. The van der Waals surface area contributed by atoms with E-state index in [1.165, 1.54) is 5.56 Å². The molecule has 0 unspecified atom stereocenters. The summed E-state index contributed by atoms with van der Waals surface area (Å²) in [5.74, 6) is 1.30. The molecule has 1 rings (SSSR count). The number of aliphatic hydroxyl groups is 1. The van der Waals surface area contributed by atoms with Crippen LogP contribution in [0.2, 0.25) is 0 Å². The second-order valence-corrected chi connectivity index (χ2v) is 5.06. The first-order chi connectivity index (χ1) is 9.27. The maximum Gasteiger partial charge on any atom is 0.232 e. The van der Waals surface area contributed by atoms with Gasteiger partial charge in [0.1, 0.15) is 0 Å². The molecule has 0 saturated carbocycles. The van der Waals surface area contributed by atoms with Gasteiger partial charge in [-0.05, 0) is 5.56 Å². The molecule has 0 saturated heterocycles. The summed E-state index contributed by atoms with van der Waals surface area (Å²) < 4.78 is 4.96. The first-order valence-corrected chi connectivity index (χ1v) is 7.42. The van der Waals surface area contributed by atoms with E-state index in [1.807, 2.05) is 30.3 Å². The molecule has 0 heterocycles. The van der Waals surface area contributed by atoms with Gasteiger partial charge in [0.25, 0.3) is 0 Å². The van der Waals surface area contributed by atoms with Gasteiger partial charge in [-0.3, -0.25) is 4.79 Å². The quantitative estimate of drug-likeness (QED) is 0.744. The normalized spacial score (nSPS) is 10.4. The van der Waals surface area contributed by atoms with Gasteiger partial charge in [0, 0.05) is 26.0 Å². The lowest BCUT2D eigenvalue weighted by atomic mass is 10.2. The molecular formula is C14H21NO3S. The molecule has 4 nitrogen and oxygen atoms in total. The Hall–Kier alpha value is -1.04. The minimum Gasteiger partial charge on any atom is -0.395 e. The van der Waals surface area contributed by atoms with Crippen LogP contribution in [-0.2, 0) is 15.3 Å². The Bertz CT molecular complexity index is 359. The predicted molar refractivity (Wildman–Crippen MR) is 78.1 cm³/mol. The lowest BCUT2D eigenvalue weighted by Crippen LogP contribution is -2.37. The molecule has 106 valence electrons. The Morgan fingerprint density at radius 1 is 1.32 bits per heavy atom. The van der Waals surface area contributed by atoms with Crippen molar-refractivity contribution in [1.29, 1.82) is 0 Å². The first kappa shape index (κ1) is 16.0. The summed E-state index contributed by atoms with van der Waals surface area (Å²) in [6, 6.07) is 10.1. The van der Waals surface area contributed by atoms with Crippen molar-refractivity contribution in [2.45, 2.75) is 5.75 Å². The average Bonchev–Trinajstić information content (AvgIpc) is 2.44. The third kappa shape index (κ3) is 6.61. The van der Waals surface area contributed by atoms with Crippen molar-refractivity contribution in [3.8, 4) is 0 Å². The van der Waals surface area contributed by atoms with Crippen LogP contribution in [0.3, 0.4) is 0 Å². The SMILES string of the molecule is COCCN(CCO)C(=O)CSCc1ccccc1. The molecule has 0 radical (unpaired) electrons. The smallest absolute Gasteiger partial charge is 0.232 e. The number of methoxy groups -OCH3 is 1. The highest BCUT2D eigenvalue weighted by Crippen LogP contribution is 2.12. The van der Waals surface area contributed by atoms with E-state index in [0.29, 0.717) is 25.4 Å². The molecule has 19 heavy (non-hydrogen) atoms. The van der Waals surface area contributed by atoms with Crippen LogP contribution < -0.4 is 0 Å². The van der Waals surface area contributed by atoms with Crippen LogP contribution in [0.4, 0.5) is 0 Å². The summed E-state index contributed by atoms with van der Waals surface area (Å²) in [5.41, 5.74) is 1.21. The lowest BCUT2D eigenvalue weighted by Gasteiger charge is -2.21. The van der Waals surface area contributed by atoms with Crippen LogP contribution in [-0.4, -0.2) is 55.1 Å². The van der Waals surface area contributed by atoms with Gasteiger partial charge in [-0.1, -0.05) is 30.3 Å². The number of thioether (sulfide) groups is 1. The molecule has 0 bridgehead atoms. The number of aliphatic hydroxyl groups excluding tert-OH is 1. The Kier molecular flexibility index (Phi) is 8.29. The van der Waals surface area contributed by atoms with E-state index in [0.717, 1.165) is 5.75 Å². The van der Waals surface area contributed by atoms with Crippen molar-refractivity contribution in [2.75, 3.05) is 39.2 Å². The van der Waals surface area contributed by atoms with E-state index in [4.69, 9.17) is 9.84 Å². The standard InChI is InChI=1S/C14H21NO3S/c1-18-10-8-15(7-9-16)14(17)12-19-11-13-5-3-2-4-6-13/h2-6,16H,7-12H2,1H3. The summed E-state index contributed by atoms with van der Waals surface area (Å²) in [6.45, 7) is 1.38. The highest BCUT2D eigenvalue weighted by Gasteiger charge is 2.12. The van der Waals surface area contributed by atoms with Crippen LogP contribution >= 0.6 is 11.8 Å². The molecule has 0 aliphatic rings. The van der Waals surface area contributed by atoms with Gasteiger partial charge in [0.2, 0.25) is 5.91 Å². The van der Waals surface area contributed by atoms with E-state index >= 15 is 0 Å². The van der Waals surface area contributed by atoms with Crippen molar-refractivity contribution in [3.05, 3.63) is 35.9 Å². The van der Waals surface area contributed by atoms with E-state index in [9.17, 15) is 4.79 Å². The molecular weight excluding hydrogens is 262 g/mol. The highest BCUT2D eigenvalue weighted by atomic mass is 32.2. The van der Waals surface area contributed by atoms with Gasteiger partial charge >= 0.3 is 0 Å². The molecule has 0 aromatic heterocycles. The molecule has 1 aromatic carbocycles. The molecule has 5 heteroatoms. The molecule has 0 fully saturated rings. The van der Waals surface area contributed by atoms with E-state index < -0.39 is 0 Å². The topological polar surface area (TPSA) is 49.8 Å². The van der Waals surface area contributed by atoms with Crippen molar-refractivity contribution < 1.29 is 14.6 Å². The second-order valence-electron chi connectivity index (χ2n) is 4.08. The molecule has 0 atom stereocenters. The molecule has 1 N–H and O–H groups in total. The van der Waals surface area contributed by atoms with Crippen LogP contribution in [0, 0.1) is 0 Å². The van der Waals surface area contributed by atoms with Crippen molar-refractivity contribution in [2.24, 2.45) is 0 Å². The Labute approximate surface area is 118 Å². The van der Waals surface area contributed by atoms with E-state index in [-0.39, 0.29) is 12.5 Å². The molecule has 0 aliphatic carbocycles. The Morgan fingerprint density at radius 3 is 2.68 bits per heavy atom. The van der Waals surface area contributed by atoms with Crippen LogP contribution in [0.15, 0.2) is 30.3 Å². The summed E-state index contributed by atoms with van der Waals surface area (Å²) in [7, 11) is 1.60. The second kappa shape index (κ2) is 9.83. The fourth-order valence-electron chi connectivity index (χ4n) is 1.61. The summed E-state index contributed by atoms with van der Waals surface area (Å²) in [6.07, 6.45) is 0. The monoisotopic (exact) mass is 283 g/mol. The number of benzene rings is 1. The molecule has 1 aromatic rings. The third-order valence-corrected chi connectivity index (χ3v) is 3.61. The summed E-state index contributed by atoms with van der Waals surface area (Å²) >= 11 is 1.59. The zero-order chi connectivity index (χ0) is 13.9. The fourth-order valence-corrected chi connectivity index (χ4v) is 2.49. The van der Waals surface area contributed by atoms with Gasteiger partial charge in [-0.15, -0.1) is 11.8 Å². The number of hydrogen-bond acceptors (Lipinski definition) is 4. The maximum absolute atomic E-state index is 12.0. The average molecular weight is 283 g/mol. The van der Waals surface area contributed by atoms with Crippen molar-refractivity contribution in [3.63, 3.8) is 0 Å².